The Bertz CT molecular complexity index is 382. The van der Waals surface area contributed by atoms with Crippen LogP contribution in [0.15, 0.2) is 24.3 Å². The Labute approximate surface area is 102 Å². The molecule has 0 unspecified atom stereocenters. The smallest absolute Gasteiger partial charge is 0.404 e. The topological polar surface area (TPSA) is 61.6 Å². The minimum atomic E-state index is -0.781. The third-order valence-electron chi connectivity index (χ3n) is 2.30. The number of hydrogen-bond donors (Lipinski definition) is 1. The molecule has 0 radical (unpaired) electrons. The molecule has 0 saturated carbocycles. The Kier molecular flexibility index (Phi) is 4.37. The van der Waals surface area contributed by atoms with E-state index in [4.69, 9.17) is 10.5 Å². The molecule has 1 aromatic carbocycles. The van der Waals surface area contributed by atoms with Crippen molar-refractivity contribution in [2.24, 2.45) is 5.73 Å². The molecule has 2 N–H and O–H groups in total. The maximum atomic E-state index is 10.3. The summed E-state index contributed by atoms with van der Waals surface area (Å²) in [6.07, 6.45) is -0.781. The molecule has 0 fully saturated rings. The van der Waals surface area contributed by atoms with Gasteiger partial charge in [0.2, 0.25) is 0 Å². The van der Waals surface area contributed by atoms with Crippen molar-refractivity contribution in [2.75, 3.05) is 13.2 Å². The standard InChI is InChI=1S/C13H19NO3/c1-13(2,3)10-5-4-6-11(9-10)16-7-8-17-12(14)15/h4-6,9H,7-8H2,1-3H3,(H2,14,15). The van der Waals surface area contributed by atoms with Gasteiger partial charge in [-0.1, -0.05) is 32.9 Å². The zero-order valence-corrected chi connectivity index (χ0v) is 10.5. The van der Waals surface area contributed by atoms with Gasteiger partial charge in [-0.05, 0) is 23.1 Å². The molecule has 17 heavy (non-hydrogen) atoms. The summed E-state index contributed by atoms with van der Waals surface area (Å²) in [5.41, 5.74) is 6.12. The molecule has 4 heteroatoms. The summed E-state index contributed by atoms with van der Waals surface area (Å²) in [5.74, 6) is 0.769. The Balaban J connectivity index is 2.52. The Morgan fingerprint density at radius 2 is 2.00 bits per heavy atom. The van der Waals surface area contributed by atoms with Crippen LogP contribution in [0.4, 0.5) is 4.79 Å². The fourth-order valence-electron chi connectivity index (χ4n) is 1.35. The van der Waals surface area contributed by atoms with Gasteiger partial charge in [-0.3, -0.25) is 0 Å². The fraction of sp³-hybridized carbons (Fsp3) is 0.462. The molecule has 0 aliphatic rings. The highest BCUT2D eigenvalue weighted by molar-refractivity contribution is 5.64. The number of ether oxygens (including phenoxy) is 2. The van der Waals surface area contributed by atoms with Gasteiger partial charge in [-0.25, -0.2) is 4.79 Å². The highest BCUT2D eigenvalue weighted by Gasteiger charge is 2.13. The zero-order valence-electron chi connectivity index (χ0n) is 10.5. The van der Waals surface area contributed by atoms with Crippen LogP contribution in [0.3, 0.4) is 0 Å². The van der Waals surface area contributed by atoms with Crippen LogP contribution in [0.1, 0.15) is 26.3 Å². The van der Waals surface area contributed by atoms with E-state index in [-0.39, 0.29) is 12.0 Å². The first-order chi connectivity index (χ1) is 7.89. The first-order valence-electron chi connectivity index (χ1n) is 5.55. The molecule has 0 aliphatic heterocycles. The summed E-state index contributed by atoms with van der Waals surface area (Å²) in [6, 6.07) is 7.88. The van der Waals surface area contributed by atoms with Crippen molar-refractivity contribution in [1.82, 2.24) is 0 Å². The second kappa shape index (κ2) is 5.57. The highest BCUT2D eigenvalue weighted by Crippen LogP contribution is 2.25. The van der Waals surface area contributed by atoms with Crippen LogP contribution in [-0.4, -0.2) is 19.3 Å². The molecular formula is C13H19NO3. The predicted molar refractivity (Wildman–Crippen MR) is 66.2 cm³/mol. The lowest BCUT2D eigenvalue weighted by Gasteiger charge is -2.19. The normalized spacial score (nSPS) is 11.0. The minimum absolute atomic E-state index is 0.0864. The van der Waals surface area contributed by atoms with Crippen molar-refractivity contribution < 1.29 is 14.3 Å². The molecule has 0 aliphatic carbocycles. The third-order valence-corrected chi connectivity index (χ3v) is 2.30. The molecule has 0 aromatic heterocycles. The van der Waals surface area contributed by atoms with Crippen LogP contribution < -0.4 is 10.5 Å². The second-order valence-corrected chi connectivity index (χ2v) is 4.79. The van der Waals surface area contributed by atoms with Crippen molar-refractivity contribution in [3.8, 4) is 5.75 Å². The van der Waals surface area contributed by atoms with Crippen LogP contribution in [0.2, 0.25) is 0 Å². The second-order valence-electron chi connectivity index (χ2n) is 4.79. The molecule has 0 atom stereocenters. The molecule has 4 nitrogen and oxygen atoms in total. The molecule has 1 aromatic rings. The molecule has 0 saturated heterocycles. The fourth-order valence-corrected chi connectivity index (χ4v) is 1.35. The van der Waals surface area contributed by atoms with E-state index in [0.717, 1.165) is 5.75 Å². The average molecular weight is 237 g/mol. The van der Waals surface area contributed by atoms with Gasteiger partial charge in [-0.15, -0.1) is 0 Å². The number of benzene rings is 1. The molecule has 1 rings (SSSR count). The lowest BCUT2D eigenvalue weighted by Crippen LogP contribution is -2.17. The molecular weight excluding hydrogens is 218 g/mol. The van der Waals surface area contributed by atoms with Gasteiger partial charge < -0.3 is 15.2 Å². The highest BCUT2D eigenvalue weighted by atomic mass is 16.6. The van der Waals surface area contributed by atoms with Crippen LogP contribution in [0.5, 0.6) is 5.75 Å². The van der Waals surface area contributed by atoms with E-state index in [1.54, 1.807) is 0 Å². The summed E-state index contributed by atoms with van der Waals surface area (Å²) in [6.45, 7) is 6.89. The van der Waals surface area contributed by atoms with Crippen LogP contribution in [0, 0.1) is 0 Å². The van der Waals surface area contributed by atoms with E-state index >= 15 is 0 Å². The Morgan fingerprint density at radius 1 is 1.29 bits per heavy atom. The van der Waals surface area contributed by atoms with Gasteiger partial charge in [0, 0.05) is 0 Å². The Hall–Kier alpha value is -1.71. The van der Waals surface area contributed by atoms with Gasteiger partial charge in [-0.2, -0.15) is 0 Å². The van der Waals surface area contributed by atoms with Gasteiger partial charge >= 0.3 is 6.09 Å². The van der Waals surface area contributed by atoms with Crippen molar-refractivity contribution in [3.63, 3.8) is 0 Å². The monoisotopic (exact) mass is 237 g/mol. The van der Waals surface area contributed by atoms with Crippen LogP contribution >= 0.6 is 0 Å². The van der Waals surface area contributed by atoms with E-state index in [2.05, 4.69) is 31.6 Å². The lowest BCUT2D eigenvalue weighted by atomic mass is 9.87. The lowest BCUT2D eigenvalue weighted by molar-refractivity contribution is 0.134. The van der Waals surface area contributed by atoms with Crippen molar-refractivity contribution in [3.05, 3.63) is 29.8 Å². The molecule has 94 valence electrons. The number of primary amides is 1. The van der Waals surface area contributed by atoms with Crippen molar-refractivity contribution >= 4 is 6.09 Å². The number of hydrogen-bond acceptors (Lipinski definition) is 3. The minimum Gasteiger partial charge on any atom is -0.490 e. The van der Waals surface area contributed by atoms with E-state index < -0.39 is 6.09 Å². The number of carbonyl (C=O) groups is 1. The Morgan fingerprint density at radius 3 is 2.59 bits per heavy atom. The quantitative estimate of drug-likeness (QED) is 0.818. The molecule has 0 heterocycles. The first kappa shape index (κ1) is 13.4. The molecule has 0 spiro atoms. The van der Waals surface area contributed by atoms with Gasteiger partial charge in [0.15, 0.2) is 0 Å². The summed E-state index contributed by atoms with van der Waals surface area (Å²) in [7, 11) is 0. The van der Waals surface area contributed by atoms with E-state index in [0.29, 0.717) is 6.61 Å². The van der Waals surface area contributed by atoms with E-state index in [1.165, 1.54) is 5.56 Å². The summed E-state index contributed by atoms with van der Waals surface area (Å²) >= 11 is 0. The molecule has 0 bridgehead atoms. The summed E-state index contributed by atoms with van der Waals surface area (Å²) in [5, 5.41) is 0. The number of carbonyl (C=O) groups excluding carboxylic acids is 1. The SMILES string of the molecule is CC(C)(C)c1cccc(OCCOC(N)=O)c1. The van der Waals surface area contributed by atoms with Crippen molar-refractivity contribution in [2.45, 2.75) is 26.2 Å². The van der Waals surface area contributed by atoms with E-state index in [9.17, 15) is 4.79 Å². The largest absolute Gasteiger partial charge is 0.490 e. The number of nitrogens with two attached hydrogens (primary N) is 1. The van der Waals surface area contributed by atoms with Gasteiger partial charge in [0.25, 0.3) is 0 Å². The maximum absolute atomic E-state index is 10.3. The van der Waals surface area contributed by atoms with Crippen molar-refractivity contribution in [1.29, 1.82) is 0 Å². The molecule has 1 amide bonds. The van der Waals surface area contributed by atoms with Crippen LogP contribution in [0.25, 0.3) is 0 Å². The van der Waals surface area contributed by atoms with E-state index in [1.807, 2.05) is 18.2 Å². The number of rotatable bonds is 4. The first-order valence-corrected chi connectivity index (χ1v) is 5.55. The van der Waals surface area contributed by atoms with Gasteiger partial charge in [0.1, 0.15) is 19.0 Å². The van der Waals surface area contributed by atoms with Crippen LogP contribution in [-0.2, 0) is 10.2 Å². The van der Waals surface area contributed by atoms with Gasteiger partial charge in [0.05, 0.1) is 0 Å². The third kappa shape index (κ3) is 4.76. The average Bonchev–Trinajstić information content (AvgIpc) is 2.23. The predicted octanol–water partition coefficient (Wildman–Crippen LogP) is 2.46. The number of amides is 1. The summed E-state index contributed by atoms with van der Waals surface area (Å²) < 4.78 is 10.0. The summed E-state index contributed by atoms with van der Waals surface area (Å²) in [4.78, 5) is 10.3. The zero-order chi connectivity index (χ0) is 12.9. The maximum Gasteiger partial charge on any atom is 0.404 e.